The molecule has 0 atom stereocenters. The van der Waals surface area contributed by atoms with Crippen LogP contribution >= 0.6 is 0 Å². The SMILES string of the molecule is CCCCCN(CC(=O)Nc1cccc(N)c1C)C(C)C. The maximum absolute atomic E-state index is 12.2. The van der Waals surface area contributed by atoms with Gasteiger partial charge in [-0.3, -0.25) is 9.69 Å². The normalized spacial score (nSPS) is 11.1. The van der Waals surface area contributed by atoms with Gasteiger partial charge in [0, 0.05) is 17.4 Å². The molecule has 0 spiro atoms. The molecular weight excluding hydrogens is 262 g/mol. The van der Waals surface area contributed by atoms with E-state index in [1.807, 2.05) is 25.1 Å². The van der Waals surface area contributed by atoms with Crippen molar-refractivity contribution in [2.24, 2.45) is 0 Å². The predicted molar refractivity (Wildman–Crippen MR) is 90.5 cm³/mol. The Morgan fingerprint density at radius 3 is 2.67 bits per heavy atom. The van der Waals surface area contributed by atoms with Gasteiger partial charge in [0.1, 0.15) is 0 Å². The third-order valence-electron chi connectivity index (χ3n) is 3.78. The van der Waals surface area contributed by atoms with Gasteiger partial charge in [-0.15, -0.1) is 0 Å². The number of hydrogen-bond acceptors (Lipinski definition) is 3. The first-order valence-electron chi connectivity index (χ1n) is 7.84. The lowest BCUT2D eigenvalue weighted by Crippen LogP contribution is -2.38. The molecule has 1 aromatic rings. The number of amides is 1. The molecule has 4 nitrogen and oxygen atoms in total. The Kier molecular flexibility index (Phi) is 7.23. The molecule has 0 aromatic heterocycles. The number of carbonyl (C=O) groups excluding carboxylic acids is 1. The number of nitrogens with one attached hydrogen (secondary N) is 1. The summed E-state index contributed by atoms with van der Waals surface area (Å²) in [7, 11) is 0. The summed E-state index contributed by atoms with van der Waals surface area (Å²) in [6, 6.07) is 5.96. The van der Waals surface area contributed by atoms with Gasteiger partial charge < -0.3 is 11.1 Å². The number of nitrogens with two attached hydrogens (primary N) is 1. The van der Waals surface area contributed by atoms with E-state index in [0.717, 1.165) is 24.2 Å². The maximum Gasteiger partial charge on any atom is 0.238 e. The molecule has 0 aliphatic carbocycles. The van der Waals surface area contributed by atoms with Crippen LogP contribution in [0.3, 0.4) is 0 Å². The molecule has 4 heteroatoms. The Balaban J connectivity index is 2.59. The second-order valence-corrected chi connectivity index (χ2v) is 5.84. The van der Waals surface area contributed by atoms with Crippen molar-refractivity contribution in [1.29, 1.82) is 0 Å². The van der Waals surface area contributed by atoms with Crippen LogP contribution in [-0.4, -0.2) is 29.9 Å². The molecule has 3 N–H and O–H groups in total. The Morgan fingerprint density at radius 1 is 1.33 bits per heavy atom. The van der Waals surface area contributed by atoms with Crippen LogP contribution in [-0.2, 0) is 4.79 Å². The van der Waals surface area contributed by atoms with E-state index in [-0.39, 0.29) is 5.91 Å². The zero-order valence-corrected chi connectivity index (χ0v) is 13.8. The molecule has 21 heavy (non-hydrogen) atoms. The lowest BCUT2D eigenvalue weighted by atomic mass is 10.1. The average Bonchev–Trinajstić information content (AvgIpc) is 2.43. The van der Waals surface area contributed by atoms with Crippen LogP contribution < -0.4 is 11.1 Å². The molecule has 0 aliphatic heterocycles. The third-order valence-corrected chi connectivity index (χ3v) is 3.78. The predicted octanol–water partition coefficient (Wildman–Crippen LogP) is 3.42. The first-order valence-corrected chi connectivity index (χ1v) is 7.84. The molecule has 0 radical (unpaired) electrons. The molecule has 0 fully saturated rings. The summed E-state index contributed by atoms with van der Waals surface area (Å²) in [5.41, 5.74) is 8.30. The van der Waals surface area contributed by atoms with Gasteiger partial charge in [-0.1, -0.05) is 25.8 Å². The summed E-state index contributed by atoms with van der Waals surface area (Å²) in [6.07, 6.45) is 3.54. The summed E-state index contributed by atoms with van der Waals surface area (Å²) in [4.78, 5) is 14.4. The van der Waals surface area contributed by atoms with E-state index >= 15 is 0 Å². The van der Waals surface area contributed by atoms with Crippen LogP contribution in [0.5, 0.6) is 0 Å². The zero-order chi connectivity index (χ0) is 15.8. The van der Waals surface area contributed by atoms with Crippen molar-refractivity contribution in [3.63, 3.8) is 0 Å². The number of carbonyl (C=O) groups is 1. The summed E-state index contributed by atoms with van der Waals surface area (Å²) < 4.78 is 0. The van der Waals surface area contributed by atoms with E-state index in [9.17, 15) is 4.79 Å². The van der Waals surface area contributed by atoms with E-state index in [2.05, 4.69) is 31.0 Å². The van der Waals surface area contributed by atoms with Crippen molar-refractivity contribution in [2.75, 3.05) is 24.1 Å². The molecule has 0 saturated heterocycles. The Morgan fingerprint density at radius 2 is 2.05 bits per heavy atom. The third kappa shape index (κ3) is 5.76. The van der Waals surface area contributed by atoms with Gasteiger partial charge in [0.15, 0.2) is 0 Å². The number of benzene rings is 1. The van der Waals surface area contributed by atoms with Crippen LogP contribution in [0, 0.1) is 6.92 Å². The fraction of sp³-hybridized carbons (Fsp3) is 0.588. The van der Waals surface area contributed by atoms with Crippen molar-refractivity contribution >= 4 is 17.3 Å². The molecule has 0 saturated carbocycles. The van der Waals surface area contributed by atoms with Crippen molar-refractivity contribution in [3.8, 4) is 0 Å². The molecule has 1 aromatic carbocycles. The van der Waals surface area contributed by atoms with Crippen molar-refractivity contribution in [3.05, 3.63) is 23.8 Å². The van der Waals surface area contributed by atoms with Gasteiger partial charge in [0.25, 0.3) is 0 Å². The lowest BCUT2D eigenvalue weighted by molar-refractivity contribution is -0.117. The number of anilines is 2. The van der Waals surface area contributed by atoms with E-state index in [0.29, 0.717) is 18.3 Å². The highest BCUT2D eigenvalue weighted by Crippen LogP contribution is 2.20. The Hall–Kier alpha value is -1.55. The second-order valence-electron chi connectivity index (χ2n) is 5.84. The largest absolute Gasteiger partial charge is 0.398 e. The fourth-order valence-electron chi connectivity index (χ4n) is 2.25. The minimum absolute atomic E-state index is 0.0221. The Bertz CT molecular complexity index is 457. The van der Waals surface area contributed by atoms with Crippen LogP contribution in [0.2, 0.25) is 0 Å². The van der Waals surface area contributed by atoms with Gasteiger partial charge in [0.2, 0.25) is 5.91 Å². The molecule has 0 bridgehead atoms. The highest BCUT2D eigenvalue weighted by atomic mass is 16.2. The average molecular weight is 291 g/mol. The fourth-order valence-corrected chi connectivity index (χ4v) is 2.25. The molecule has 1 rings (SSSR count). The smallest absolute Gasteiger partial charge is 0.238 e. The Labute approximate surface area is 128 Å². The van der Waals surface area contributed by atoms with E-state index < -0.39 is 0 Å². The highest BCUT2D eigenvalue weighted by Gasteiger charge is 2.14. The summed E-state index contributed by atoms with van der Waals surface area (Å²) >= 11 is 0. The monoisotopic (exact) mass is 291 g/mol. The number of nitrogens with zero attached hydrogens (tertiary/aromatic N) is 1. The number of hydrogen-bond donors (Lipinski definition) is 2. The molecule has 0 heterocycles. The molecule has 0 unspecified atom stereocenters. The quantitative estimate of drug-likeness (QED) is 0.570. The van der Waals surface area contributed by atoms with Crippen molar-refractivity contribution in [2.45, 2.75) is 53.0 Å². The van der Waals surface area contributed by atoms with Crippen LogP contribution in [0.4, 0.5) is 11.4 Å². The van der Waals surface area contributed by atoms with Crippen molar-refractivity contribution < 1.29 is 4.79 Å². The number of rotatable bonds is 8. The van der Waals surface area contributed by atoms with Crippen molar-refractivity contribution in [1.82, 2.24) is 4.90 Å². The lowest BCUT2D eigenvalue weighted by Gasteiger charge is -2.26. The van der Waals surface area contributed by atoms with Gasteiger partial charge in [0.05, 0.1) is 6.54 Å². The van der Waals surface area contributed by atoms with E-state index in [4.69, 9.17) is 5.73 Å². The van der Waals surface area contributed by atoms with Crippen LogP contribution in [0.1, 0.15) is 45.6 Å². The summed E-state index contributed by atoms with van der Waals surface area (Å²) in [5.74, 6) is 0.0221. The van der Waals surface area contributed by atoms with E-state index in [1.54, 1.807) is 0 Å². The van der Waals surface area contributed by atoms with Crippen LogP contribution in [0.15, 0.2) is 18.2 Å². The topological polar surface area (TPSA) is 58.4 Å². The minimum atomic E-state index is 0.0221. The van der Waals surface area contributed by atoms with Gasteiger partial charge >= 0.3 is 0 Å². The molecule has 118 valence electrons. The number of unbranched alkanes of at least 4 members (excludes halogenated alkanes) is 2. The first kappa shape index (κ1) is 17.5. The minimum Gasteiger partial charge on any atom is -0.398 e. The van der Waals surface area contributed by atoms with Crippen LogP contribution in [0.25, 0.3) is 0 Å². The highest BCUT2D eigenvalue weighted by molar-refractivity contribution is 5.93. The zero-order valence-electron chi connectivity index (χ0n) is 13.8. The van der Waals surface area contributed by atoms with Gasteiger partial charge in [-0.2, -0.15) is 0 Å². The molecular formula is C17H29N3O. The number of nitrogen functional groups attached to an aromatic ring is 1. The second kappa shape index (κ2) is 8.67. The van der Waals surface area contributed by atoms with Gasteiger partial charge in [-0.25, -0.2) is 0 Å². The first-order chi connectivity index (χ1) is 9.95. The summed E-state index contributed by atoms with van der Waals surface area (Å²) in [6.45, 7) is 9.77. The molecule has 1 amide bonds. The standard InChI is InChI=1S/C17H29N3O/c1-5-6-7-11-20(13(2)3)12-17(21)19-16-10-8-9-15(18)14(16)4/h8-10,13H,5-7,11-12,18H2,1-4H3,(H,19,21). The van der Waals surface area contributed by atoms with E-state index in [1.165, 1.54) is 12.8 Å². The molecule has 0 aliphatic rings. The maximum atomic E-state index is 12.2. The summed E-state index contributed by atoms with van der Waals surface area (Å²) in [5, 5.41) is 2.97. The van der Waals surface area contributed by atoms with Gasteiger partial charge in [-0.05, 0) is 51.4 Å².